The predicted molar refractivity (Wildman–Crippen MR) is 100 cm³/mol. The van der Waals surface area contributed by atoms with Gasteiger partial charge in [0.15, 0.2) is 0 Å². The van der Waals surface area contributed by atoms with E-state index in [4.69, 9.17) is 0 Å². The summed E-state index contributed by atoms with van der Waals surface area (Å²) in [5.41, 5.74) is 0.961. The van der Waals surface area contributed by atoms with Crippen LogP contribution in [0.1, 0.15) is 62.3 Å². The lowest BCUT2D eigenvalue weighted by atomic mass is 9.99. The van der Waals surface area contributed by atoms with Crippen molar-refractivity contribution in [3.05, 3.63) is 0 Å². The van der Waals surface area contributed by atoms with Crippen molar-refractivity contribution in [1.82, 2.24) is 0 Å². The van der Waals surface area contributed by atoms with Crippen LogP contribution in [0, 0.1) is 16.2 Å². The highest BCUT2D eigenvalue weighted by atomic mass is 31.1. The Kier molecular flexibility index (Phi) is 5.07. The van der Waals surface area contributed by atoms with Gasteiger partial charge in [-0.15, -0.1) is 8.20 Å². The van der Waals surface area contributed by atoms with Gasteiger partial charge in [0, 0.05) is 0 Å². The third kappa shape index (κ3) is 4.30. The van der Waals surface area contributed by atoms with Gasteiger partial charge in [-0.25, -0.2) is 0 Å². The molecule has 0 amide bonds. The van der Waals surface area contributed by atoms with Gasteiger partial charge in [-0.2, -0.15) is 17.2 Å². The van der Waals surface area contributed by atoms with Crippen LogP contribution >= 0.6 is 24.0 Å². The quantitative estimate of drug-likeness (QED) is 0.446. The van der Waals surface area contributed by atoms with Crippen LogP contribution in [-0.2, 0) is 0 Å². The lowest BCUT2D eigenvalue weighted by Crippen LogP contribution is -2.26. The molecule has 0 spiro atoms. The van der Waals surface area contributed by atoms with E-state index in [1.807, 2.05) is 0 Å². The SMILES string of the molecule is CP1=C(C(C)(C)C)P=C(C(C)(C)C)[P-]C=1C(C)(C)C. The van der Waals surface area contributed by atoms with E-state index in [2.05, 4.69) is 69.0 Å². The summed E-state index contributed by atoms with van der Waals surface area (Å²) in [6.07, 6.45) is 0. The Morgan fingerprint density at radius 2 is 1.26 bits per heavy atom. The molecule has 0 nitrogen and oxygen atoms in total. The average molecular weight is 315 g/mol. The summed E-state index contributed by atoms with van der Waals surface area (Å²) in [6.45, 7) is 23.9. The molecule has 1 heterocycles. The van der Waals surface area contributed by atoms with Crippen molar-refractivity contribution >= 4 is 39.1 Å². The molecule has 0 aromatic rings. The first-order chi connectivity index (χ1) is 8.24. The number of hydrogen-bond acceptors (Lipinski definition) is 0. The van der Waals surface area contributed by atoms with Crippen molar-refractivity contribution in [1.29, 1.82) is 0 Å². The van der Waals surface area contributed by atoms with Gasteiger partial charge in [-0.1, -0.05) is 62.3 Å². The predicted octanol–water partition coefficient (Wildman–Crippen LogP) is 6.53. The van der Waals surface area contributed by atoms with E-state index in [-0.39, 0.29) is 7.17 Å². The molecule has 0 N–H and O–H groups in total. The summed E-state index contributed by atoms with van der Waals surface area (Å²) in [5.74, 6) is 0. The van der Waals surface area contributed by atoms with E-state index < -0.39 is 0 Å². The van der Waals surface area contributed by atoms with Crippen LogP contribution in [-0.4, -0.2) is 21.8 Å². The first kappa shape index (κ1) is 17.7. The molecule has 0 saturated heterocycles. The first-order valence-corrected chi connectivity index (χ1v) is 10.6. The second-order valence-corrected chi connectivity index (χ2v) is 13.8. The Bertz CT molecular complexity index is 480. The first-order valence-electron chi connectivity index (χ1n) is 7.04. The van der Waals surface area contributed by atoms with Crippen molar-refractivity contribution in [3.63, 3.8) is 0 Å². The van der Waals surface area contributed by atoms with Crippen LogP contribution in [0.15, 0.2) is 0 Å². The molecule has 0 fully saturated rings. The summed E-state index contributed by atoms with van der Waals surface area (Å²) < 4.78 is 0. The van der Waals surface area contributed by atoms with Crippen LogP contribution in [0.25, 0.3) is 0 Å². The van der Waals surface area contributed by atoms with Gasteiger partial charge in [0.25, 0.3) is 0 Å². The van der Waals surface area contributed by atoms with E-state index in [0.717, 1.165) is 0 Å². The highest BCUT2D eigenvalue weighted by Crippen LogP contribution is 2.50. The standard InChI is InChI=1S/C16H30P3/c1-14(2,3)11-17-12(15(4,5)6)19(10)13(18-11)16(7,8)9/h1-10H3/q-1. The van der Waals surface area contributed by atoms with Crippen LogP contribution in [0.3, 0.4) is 0 Å². The summed E-state index contributed by atoms with van der Waals surface area (Å²) in [7, 11) is 2.98. The fourth-order valence-electron chi connectivity index (χ4n) is 2.15. The number of hydrogen-bond donors (Lipinski definition) is 0. The largest absolute Gasteiger partial charge is 0.471 e. The molecule has 0 aromatic carbocycles. The summed E-state index contributed by atoms with van der Waals surface area (Å²) in [4.78, 5) is 0. The van der Waals surface area contributed by atoms with Crippen molar-refractivity contribution in [3.8, 4) is 0 Å². The van der Waals surface area contributed by atoms with Gasteiger partial charge in [-0.3, -0.25) is 0 Å². The van der Waals surface area contributed by atoms with E-state index in [1.54, 1.807) is 15.1 Å². The highest BCUT2D eigenvalue weighted by molar-refractivity contribution is 8.03. The average Bonchev–Trinajstić information content (AvgIpc) is 2.11. The zero-order chi connectivity index (χ0) is 15.2. The molecule has 1 atom stereocenters. The van der Waals surface area contributed by atoms with Gasteiger partial charge in [-0.05, 0) is 27.9 Å². The molecule has 0 saturated carbocycles. The zero-order valence-electron chi connectivity index (χ0n) is 14.3. The topological polar surface area (TPSA) is 0 Å². The Hall–Kier alpha value is 0.640. The second-order valence-electron chi connectivity index (χ2n) is 8.50. The molecule has 0 radical (unpaired) electrons. The van der Waals surface area contributed by atoms with Crippen LogP contribution < -0.4 is 0 Å². The molecule has 110 valence electrons. The van der Waals surface area contributed by atoms with Crippen LogP contribution in [0.5, 0.6) is 0 Å². The highest BCUT2D eigenvalue weighted by Gasteiger charge is 2.23. The smallest absolute Gasteiger partial charge is 0.000933 e. The van der Waals surface area contributed by atoms with Gasteiger partial charge in [0.1, 0.15) is 0 Å². The minimum atomic E-state index is -0.0806. The van der Waals surface area contributed by atoms with E-state index in [9.17, 15) is 0 Å². The van der Waals surface area contributed by atoms with Crippen molar-refractivity contribution in [2.45, 2.75) is 62.3 Å². The second kappa shape index (κ2) is 5.44. The molecule has 3 heteroatoms. The zero-order valence-corrected chi connectivity index (χ0v) is 17.0. The molecular formula is C16H30P3-. The number of rotatable bonds is 0. The van der Waals surface area contributed by atoms with Crippen LogP contribution in [0.4, 0.5) is 0 Å². The molecule has 1 aliphatic heterocycles. The summed E-state index contributed by atoms with van der Waals surface area (Å²) in [5, 5.41) is 5.20. The van der Waals surface area contributed by atoms with Crippen molar-refractivity contribution in [2.24, 2.45) is 16.2 Å². The van der Waals surface area contributed by atoms with Gasteiger partial charge in [0.05, 0.1) is 0 Å². The summed E-state index contributed by atoms with van der Waals surface area (Å²) >= 11 is 0. The Balaban J connectivity index is 3.58. The molecule has 1 unspecified atom stereocenters. The Labute approximate surface area is 124 Å². The van der Waals surface area contributed by atoms with Crippen LogP contribution in [0.2, 0.25) is 0 Å². The summed E-state index contributed by atoms with van der Waals surface area (Å²) in [6, 6.07) is 0. The third-order valence-corrected chi connectivity index (χ3v) is 12.2. The molecular weight excluding hydrogens is 285 g/mol. The normalized spacial score (nSPS) is 22.8. The molecule has 0 bridgehead atoms. The molecule has 0 aromatic heterocycles. The van der Waals surface area contributed by atoms with Gasteiger partial charge < -0.3 is 8.58 Å². The minimum absolute atomic E-state index is 0.0806. The Morgan fingerprint density at radius 3 is 1.58 bits per heavy atom. The van der Waals surface area contributed by atoms with E-state index in [1.165, 1.54) is 16.8 Å². The third-order valence-electron chi connectivity index (χ3n) is 3.07. The van der Waals surface area contributed by atoms with Crippen molar-refractivity contribution in [2.75, 3.05) is 6.66 Å². The minimum Gasteiger partial charge on any atom is -0.471 e. The van der Waals surface area contributed by atoms with Gasteiger partial charge >= 0.3 is 0 Å². The fourth-order valence-corrected chi connectivity index (χ4v) is 10.0. The Morgan fingerprint density at radius 1 is 0.789 bits per heavy atom. The van der Waals surface area contributed by atoms with E-state index >= 15 is 0 Å². The molecule has 1 aliphatic rings. The monoisotopic (exact) mass is 315 g/mol. The molecule has 1 rings (SSSR count). The molecule has 19 heavy (non-hydrogen) atoms. The maximum absolute atomic E-state index is 2.48. The fraction of sp³-hybridized carbons (Fsp3) is 0.812. The molecule has 0 aliphatic carbocycles. The lowest BCUT2D eigenvalue weighted by molar-refractivity contribution is 0.603. The van der Waals surface area contributed by atoms with E-state index in [0.29, 0.717) is 16.2 Å². The maximum atomic E-state index is 2.48. The lowest BCUT2D eigenvalue weighted by Gasteiger charge is -2.46. The van der Waals surface area contributed by atoms with Crippen molar-refractivity contribution < 1.29 is 0 Å². The van der Waals surface area contributed by atoms with Gasteiger partial charge in [0.2, 0.25) is 0 Å². The maximum Gasteiger partial charge on any atom is -0.000933 e.